The molecule has 3 aliphatic rings. The lowest BCUT2D eigenvalue weighted by atomic mass is 9.70. The molecule has 1 aliphatic heterocycles. The van der Waals surface area contributed by atoms with E-state index in [1.54, 1.807) is 11.9 Å². The minimum absolute atomic E-state index is 0.0553. The van der Waals surface area contributed by atoms with Crippen molar-refractivity contribution < 1.29 is 9.90 Å². The minimum Gasteiger partial charge on any atom is -0.388 e. The highest BCUT2D eigenvalue weighted by Crippen LogP contribution is 2.50. The van der Waals surface area contributed by atoms with Crippen LogP contribution in [0.2, 0.25) is 0 Å². The van der Waals surface area contributed by atoms with Crippen LogP contribution < -0.4 is 9.62 Å². The van der Waals surface area contributed by atoms with Gasteiger partial charge < -0.3 is 14.7 Å². The first-order chi connectivity index (χ1) is 15.6. The smallest absolute Gasteiger partial charge is 0.258 e. The molecule has 1 atom stereocenters. The first-order valence-corrected chi connectivity index (χ1v) is 13.4. The number of nitrogens with zero attached hydrogens (tertiary/aromatic N) is 1. The van der Waals surface area contributed by atoms with Crippen molar-refractivity contribution in [1.82, 2.24) is 0 Å². The number of carbonyl (C=O) groups is 1. The number of carbonyl (C=O) groups excluding carboxylic acids is 1. The van der Waals surface area contributed by atoms with Crippen molar-refractivity contribution in [1.29, 1.82) is 0 Å². The fraction of sp³-hybridized carbons (Fsp3) is 0.519. The first-order valence-electron chi connectivity index (χ1n) is 12.1. The van der Waals surface area contributed by atoms with E-state index in [1.165, 1.54) is 37.7 Å². The van der Waals surface area contributed by atoms with E-state index in [4.69, 9.17) is 0 Å². The molecule has 1 spiro atoms. The predicted octanol–water partition coefficient (Wildman–Crippen LogP) is 6.46. The van der Waals surface area contributed by atoms with Gasteiger partial charge in [-0.25, -0.2) is 0 Å². The average molecular weight is 451 g/mol. The van der Waals surface area contributed by atoms with Crippen molar-refractivity contribution >= 4 is 29.2 Å². The van der Waals surface area contributed by atoms with Gasteiger partial charge in [0.15, 0.2) is 0 Å². The van der Waals surface area contributed by atoms with E-state index in [2.05, 4.69) is 22.9 Å². The van der Waals surface area contributed by atoms with Gasteiger partial charge in [-0.15, -0.1) is 0 Å². The minimum atomic E-state index is -0.471. The van der Waals surface area contributed by atoms with Crippen LogP contribution in [0.4, 0.5) is 11.4 Å². The molecule has 5 rings (SSSR count). The van der Waals surface area contributed by atoms with Crippen LogP contribution in [-0.4, -0.2) is 23.8 Å². The van der Waals surface area contributed by atoms with Crippen LogP contribution in [-0.2, 0) is 5.41 Å². The van der Waals surface area contributed by atoms with Crippen molar-refractivity contribution in [2.75, 3.05) is 22.4 Å². The summed E-state index contributed by atoms with van der Waals surface area (Å²) in [5.74, 6) is 0.375. The summed E-state index contributed by atoms with van der Waals surface area (Å²) in [6.07, 6.45) is 12.1. The summed E-state index contributed by atoms with van der Waals surface area (Å²) in [5.41, 5.74) is 5.13. The Kier molecular flexibility index (Phi) is 6.22. The zero-order valence-corrected chi connectivity index (χ0v) is 19.8. The summed E-state index contributed by atoms with van der Waals surface area (Å²) in [4.78, 5) is 15.8. The van der Waals surface area contributed by atoms with Gasteiger partial charge in [-0.2, -0.15) is 0 Å². The Morgan fingerprint density at radius 1 is 1.09 bits per heavy atom. The second-order valence-corrected chi connectivity index (χ2v) is 10.5. The quantitative estimate of drug-likeness (QED) is 0.513. The maximum absolute atomic E-state index is 13.8. The van der Waals surface area contributed by atoms with Crippen LogP contribution in [0.5, 0.6) is 0 Å². The molecule has 0 bridgehead atoms. The Hall–Kier alpha value is -1.98. The summed E-state index contributed by atoms with van der Waals surface area (Å²) in [5, 5.41) is 10.9. The molecule has 2 aromatic rings. The fourth-order valence-electron chi connectivity index (χ4n) is 6.24. The van der Waals surface area contributed by atoms with E-state index in [0.717, 1.165) is 49.2 Å². The van der Waals surface area contributed by atoms with Gasteiger partial charge in [0.2, 0.25) is 0 Å². The molecule has 4 nitrogen and oxygen atoms in total. The largest absolute Gasteiger partial charge is 0.388 e. The highest BCUT2D eigenvalue weighted by atomic mass is 32.2. The van der Waals surface area contributed by atoms with Crippen molar-refractivity contribution in [2.45, 2.75) is 69.3 Å². The fourth-order valence-corrected chi connectivity index (χ4v) is 6.61. The van der Waals surface area contributed by atoms with Crippen LogP contribution in [0.3, 0.4) is 0 Å². The lowest BCUT2D eigenvalue weighted by Gasteiger charge is -2.34. The third-order valence-electron chi connectivity index (χ3n) is 7.92. The van der Waals surface area contributed by atoms with E-state index >= 15 is 0 Å². The Bertz CT molecular complexity index is 979. The molecule has 0 saturated heterocycles. The van der Waals surface area contributed by atoms with Gasteiger partial charge in [0, 0.05) is 35.2 Å². The highest BCUT2D eigenvalue weighted by molar-refractivity contribution is 7.99. The van der Waals surface area contributed by atoms with Gasteiger partial charge >= 0.3 is 0 Å². The number of aliphatic hydroxyl groups is 1. The number of amides is 1. The molecule has 5 heteroatoms. The van der Waals surface area contributed by atoms with E-state index < -0.39 is 6.10 Å². The standard InChI is InChI=1S/C27H34N2O2S/c1-32-28-22-12-13-24-23(17-22)27(14-5-2-6-15-27)18-29(24)26(31)21-11-7-10-20(16-21)25(30)19-8-3-4-9-19/h7,10-13,16-17,19,25,28,30H,2-6,8-9,14-15,18H2,1H3. The predicted molar refractivity (Wildman–Crippen MR) is 133 cm³/mol. The Morgan fingerprint density at radius 3 is 2.62 bits per heavy atom. The maximum Gasteiger partial charge on any atom is 0.258 e. The number of hydrogen-bond donors (Lipinski definition) is 2. The van der Waals surface area contributed by atoms with E-state index in [0.29, 0.717) is 11.5 Å². The number of aliphatic hydroxyl groups excluding tert-OH is 1. The zero-order chi connectivity index (χ0) is 22.1. The molecule has 32 heavy (non-hydrogen) atoms. The summed E-state index contributed by atoms with van der Waals surface area (Å²) >= 11 is 1.60. The molecule has 170 valence electrons. The molecule has 0 radical (unpaired) electrons. The Morgan fingerprint density at radius 2 is 1.88 bits per heavy atom. The molecule has 2 aromatic carbocycles. The zero-order valence-electron chi connectivity index (χ0n) is 19.0. The molecule has 1 unspecified atom stereocenters. The van der Waals surface area contributed by atoms with Gasteiger partial charge in [0.25, 0.3) is 5.91 Å². The van der Waals surface area contributed by atoms with Crippen LogP contribution in [0.25, 0.3) is 0 Å². The van der Waals surface area contributed by atoms with Gasteiger partial charge in [0.05, 0.1) is 6.10 Å². The van der Waals surface area contributed by atoms with Crippen LogP contribution in [0.15, 0.2) is 42.5 Å². The third-order valence-corrected chi connectivity index (χ3v) is 8.36. The molecular weight excluding hydrogens is 416 g/mol. The van der Waals surface area contributed by atoms with Crippen molar-refractivity contribution in [3.8, 4) is 0 Å². The summed E-state index contributed by atoms with van der Waals surface area (Å²) < 4.78 is 3.37. The summed E-state index contributed by atoms with van der Waals surface area (Å²) in [7, 11) is 0. The van der Waals surface area contributed by atoms with Crippen molar-refractivity contribution in [3.05, 3.63) is 59.2 Å². The lowest BCUT2D eigenvalue weighted by Crippen LogP contribution is -2.38. The molecule has 1 amide bonds. The molecule has 2 N–H and O–H groups in total. The molecule has 0 aromatic heterocycles. The van der Waals surface area contributed by atoms with Gasteiger partial charge in [-0.05, 0) is 73.1 Å². The first kappa shape index (κ1) is 21.8. The van der Waals surface area contributed by atoms with E-state index in [9.17, 15) is 9.90 Å². The number of benzene rings is 2. The summed E-state index contributed by atoms with van der Waals surface area (Å²) in [6, 6.07) is 14.2. The normalized spacial score (nSPS) is 21.0. The Labute approximate surface area is 195 Å². The molecule has 2 aliphatic carbocycles. The maximum atomic E-state index is 13.8. The average Bonchev–Trinajstić information content (AvgIpc) is 3.47. The number of fused-ring (bicyclic) bond motifs is 2. The third kappa shape index (κ3) is 3.94. The molecule has 1 heterocycles. The van der Waals surface area contributed by atoms with Crippen LogP contribution in [0.1, 0.15) is 85.4 Å². The molecule has 2 fully saturated rings. The SMILES string of the molecule is CSNc1ccc2c(c1)C1(CCCCC1)CN2C(=O)c1cccc(C(O)C2CCCC2)c1. The van der Waals surface area contributed by atoms with Crippen molar-refractivity contribution in [2.24, 2.45) is 5.92 Å². The summed E-state index contributed by atoms with van der Waals surface area (Å²) in [6.45, 7) is 0.763. The topological polar surface area (TPSA) is 52.6 Å². The van der Waals surface area contributed by atoms with Crippen LogP contribution >= 0.6 is 11.9 Å². The lowest BCUT2D eigenvalue weighted by molar-refractivity contribution is 0.0980. The van der Waals surface area contributed by atoms with Gasteiger partial charge in [-0.3, -0.25) is 4.79 Å². The Balaban J connectivity index is 1.46. The van der Waals surface area contributed by atoms with Crippen molar-refractivity contribution in [3.63, 3.8) is 0 Å². The number of rotatable bonds is 5. The number of nitrogens with one attached hydrogen (secondary N) is 1. The second-order valence-electron chi connectivity index (χ2n) is 9.89. The highest BCUT2D eigenvalue weighted by Gasteiger charge is 2.45. The van der Waals surface area contributed by atoms with Gasteiger partial charge in [0.1, 0.15) is 0 Å². The van der Waals surface area contributed by atoms with E-state index in [1.807, 2.05) is 35.4 Å². The van der Waals surface area contributed by atoms with Gasteiger partial charge in [-0.1, -0.05) is 56.2 Å². The number of anilines is 2. The molecule has 2 saturated carbocycles. The second kappa shape index (κ2) is 9.11. The van der Waals surface area contributed by atoms with E-state index in [-0.39, 0.29) is 11.3 Å². The van der Waals surface area contributed by atoms with Crippen LogP contribution in [0, 0.1) is 5.92 Å². The molecular formula is C27H34N2O2S. The monoisotopic (exact) mass is 450 g/mol. The number of hydrogen-bond acceptors (Lipinski definition) is 4.